The predicted molar refractivity (Wildman–Crippen MR) is 112 cm³/mol. The molecule has 0 unspecified atom stereocenters. The number of halogens is 3. The van der Waals surface area contributed by atoms with E-state index < -0.39 is 11.7 Å². The number of hydrogen-bond donors (Lipinski definition) is 1. The van der Waals surface area contributed by atoms with Gasteiger partial charge in [0.05, 0.1) is 12.1 Å². The van der Waals surface area contributed by atoms with Crippen molar-refractivity contribution in [2.24, 2.45) is 4.99 Å². The maximum atomic E-state index is 12.7. The van der Waals surface area contributed by atoms with Crippen LogP contribution in [0.5, 0.6) is 0 Å². The molecule has 0 aliphatic carbocycles. The maximum Gasteiger partial charge on any atom is 0.416 e. The Labute approximate surface area is 175 Å². The molecule has 0 aliphatic rings. The van der Waals surface area contributed by atoms with Gasteiger partial charge in [0.1, 0.15) is 0 Å². The summed E-state index contributed by atoms with van der Waals surface area (Å²) < 4.78 is 38.2. The average Bonchev–Trinajstić information content (AvgIpc) is 2.70. The summed E-state index contributed by atoms with van der Waals surface area (Å²) in [4.78, 5) is 19.9. The minimum absolute atomic E-state index is 0.0605. The molecule has 0 radical (unpaired) electrons. The van der Waals surface area contributed by atoms with Gasteiger partial charge in [-0.2, -0.15) is 13.2 Å². The Bertz CT molecular complexity index is 859. The van der Waals surface area contributed by atoms with Crippen molar-refractivity contribution >= 4 is 11.9 Å². The second-order valence-corrected chi connectivity index (χ2v) is 7.12. The summed E-state index contributed by atoms with van der Waals surface area (Å²) in [6, 6.07) is 12.4. The van der Waals surface area contributed by atoms with Crippen LogP contribution in [0.4, 0.5) is 13.2 Å². The number of carbonyl (C=O) groups is 1. The van der Waals surface area contributed by atoms with Crippen LogP contribution in [0.25, 0.3) is 0 Å². The Balaban J connectivity index is 2.06. The number of aliphatic imine (C=N–C) groups is 1. The summed E-state index contributed by atoms with van der Waals surface area (Å²) >= 11 is 0. The van der Waals surface area contributed by atoms with Crippen molar-refractivity contribution in [2.75, 3.05) is 27.7 Å². The second kappa shape index (κ2) is 10.1. The van der Waals surface area contributed by atoms with E-state index in [0.29, 0.717) is 31.2 Å². The Morgan fingerprint density at radius 1 is 0.967 bits per heavy atom. The molecule has 8 heteroatoms. The summed E-state index contributed by atoms with van der Waals surface area (Å²) in [6.07, 6.45) is -4.34. The zero-order valence-electron chi connectivity index (χ0n) is 17.6. The minimum atomic E-state index is -4.34. The Morgan fingerprint density at radius 2 is 1.53 bits per heavy atom. The van der Waals surface area contributed by atoms with Crippen molar-refractivity contribution in [3.63, 3.8) is 0 Å². The lowest BCUT2D eigenvalue weighted by Crippen LogP contribution is -2.38. The maximum absolute atomic E-state index is 12.7. The van der Waals surface area contributed by atoms with Crippen LogP contribution < -0.4 is 5.32 Å². The third kappa shape index (κ3) is 6.50. The lowest BCUT2D eigenvalue weighted by atomic mass is 10.1. The number of hydrogen-bond acceptors (Lipinski definition) is 2. The van der Waals surface area contributed by atoms with Crippen molar-refractivity contribution < 1.29 is 18.0 Å². The zero-order valence-corrected chi connectivity index (χ0v) is 17.6. The van der Waals surface area contributed by atoms with Gasteiger partial charge in [-0.15, -0.1) is 0 Å². The normalized spacial score (nSPS) is 11.9. The van der Waals surface area contributed by atoms with Crippen molar-refractivity contribution in [3.05, 3.63) is 70.8 Å². The van der Waals surface area contributed by atoms with Gasteiger partial charge in [-0.25, -0.2) is 4.99 Å². The molecule has 0 spiro atoms. The smallest absolute Gasteiger partial charge is 0.357 e. The van der Waals surface area contributed by atoms with E-state index in [1.165, 1.54) is 17.0 Å². The quantitative estimate of drug-likeness (QED) is 0.568. The van der Waals surface area contributed by atoms with Crippen LogP contribution in [0, 0.1) is 0 Å². The van der Waals surface area contributed by atoms with E-state index >= 15 is 0 Å². The SMILES string of the molecule is CCNC(=NCc1ccc(C(=O)N(C)C)cc1)N(C)Cc1ccc(C(F)(F)F)cc1. The van der Waals surface area contributed by atoms with Gasteiger partial charge in [0.25, 0.3) is 5.91 Å². The van der Waals surface area contributed by atoms with Gasteiger partial charge < -0.3 is 15.1 Å². The van der Waals surface area contributed by atoms with E-state index in [4.69, 9.17) is 0 Å². The lowest BCUT2D eigenvalue weighted by molar-refractivity contribution is -0.137. The molecule has 2 rings (SSSR count). The van der Waals surface area contributed by atoms with Crippen LogP contribution in [0.2, 0.25) is 0 Å². The van der Waals surface area contributed by atoms with Gasteiger partial charge in [0.2, 0.25) is 0 Å². The second-order valence-electron chi connectivity index (χ2n) is 7.12. The Hall–Kier alpha value is -3.03. The topological polar surface area (TPSA) is 47.9 Å². The third-order valence-corrected chi connectivity index (χ3v) is 4.42. The van der Waals surface area contributed by atoms with Gasteiger partial charge in [-0.05, 0) is 42.3 Å². The van der Waals surface area contributed by atoms with Crippen LogP contribution in [-0.2, 0) is 19.3 Å². The van der Waals surface area contributed by atoms with Gasteiger partial charge in [0, 0.05) is 39.8 Å². The summed E-state index contributed by atoms with van der Waals surface area (Å²) in [5.74, 6) is 0.584. The first-order valence-corrected chi connectivity index (χ1v) is 9.58. The molecule has 2 aromatic rings. The number of nitrogens with one attached hydrogen (secondary N) is 1. The standard InChI is InChI=1S/C22H27F3N4O/c1-5-26-21(27-14-16-6-10-18(11-7-16)20(30)28(2)3)29(4)15-17-8-12-19(13-9-17)22(23,24)25/h6-13H,5,14-15H2,1-4H3,(H,26,27). The minimum Gasteiger partial charge on any atom is -0.357 e. The van der Waals surface area contributed by atoms with Crippen LogP contribution in [-0.4, -0.2) is 49.4 Å². The van der Waals surface area contributed by atoms with Crippen molar-refractivity contribution in [2.45, 2.75) is 26.2 Å². The molecule has 0 aliphatic heterocycles. The molecule has 30 heavy (non-hydrogen) atoms. The highest BCUT2D eigenvalue weighted by Crippen LogP contribution is 2.29. The molecule has 0 fully saturated rings. The molecule has 0 heterocycles. The summed E-state index contributed by atoms with van der Waals surface area (Å²) in [5, 5.41) is 3.19. The zero-order chi connectivity index (χ0) is 22.3. The Morgan fingerprint density at radius 3 is 2.03 bits per heavy atom. The molecule has 1 N–H and O–H groups in total. The molecule has 1 amide bonds. The van der Waals surface area contributed by atoms with Gasteiger partial charge in [-0.3, -0.25) is 4.79 Å². The Kier molecular flexibility index (Phi) is 7.86. The monoisotopic (exact) mass is 420 g/mol. The lowest BCUT2D eigenvalue weighted by Gasteiger charge is -2.22. The van der Waals surface area contributed by atoms with Crippen molar-refractivity contribution in [1.29, 1.82) is 0 Å². The van der Waals surface area contributed by atoms with E-state index in [1.54, 1.807) is 26.2 Å². The highest BCUT2D eigenvalue weighted by atomic mass is 19.4. The van der Waals surface area contributed by atoms with E-state index in [2.05, 4.69) is 10.3 Å². The summed E-state index contributed by atoms with van der Waals surface area (Å²) in [7, 11) is 5.24. The molecule has 0 atom stereocenters. The largest absolute Gasteiger partial charge is 0.416 e. The first-order valence-electron chi connectivity index (χ1n) is 9.58. The first-order chi connectivity index (χ1) is 14.1. The number of carbonyl (C=O) groups excluding carboxylic acids is 1. The highest BCUT2D eigenvalue weighted by molar-refractivity contribution is 5.93. The predicted octanol–water partition coefficient (Wildman–Crippen LogP) is 4.00. The van der Waals surface area contributed by atoms with E-state index in [9.17, 15) is 18.0 Å². The number of alkyl halides is 3. The van der Waals surface area contributed by atoms with Crippen LogP contribution in [0.3, 0.4) is 0 Å². The molecular weight excluding hydrogens is 393 g/mol. The van der Waals surface area contributed by atoms with Gasteiger partial charge >= 0.3 is 6.18 Å². The summed E-state index contributed by atoms with van der Waals surface area (Å²) in [6.45, 7) is 3.44. The number of guanidine groups is 1. The van der Waals surface area contributed by atoms with Gasteiger partial charge in [0.15, 0.2) is 5.96 Å². The fraction of sp³-hybridized carbons (Fsp3) is 0.364. The molecule has 2 aromatic carbocycles. The molecule has 0 bridgehead atoms. The number of nitrogens with zero attached hydrogens (tertiary/aromatic N) is 3. The molecule has 162 valence electrons. The number of benzene rings is 2. The van der Waals surface area contributed by atoms with E-state index in [-0.39, 0.29) is 5.91 Å². The van der Waals surface area contributed by atoms with E-state index in [0.717, 1.165) is 23.3 Å². The molecule has 0 saturated carbocycles. The third-order valence-electron chi connectivity index (χ3n) is 4.42. The number of amides is 1. The van der Waals surface area contributed by atoms with Crippen LogP contribution >= 0.6 is 0 Å². The fourth-order valence-corrected chi connectivity index (χ4v) is 2.79. The average molecular weight is 420 g/mol. The molecule has 5 nitrogen and oxygen atoms in total. The first kappa shape index (κ1) is 23.3. The fourth-order valence-electron chi connectivity index (χ4n) is 2.79. The van der Waals surface area contributed by atoms with Crippen LogP contribution in [0.1, 0.15) is 34.0 Å². The number of rotatable bonds is 6. The van der Waals surface area contributed by atoms with Crippen molar-refractivity contribution in [3.8, 4) is 0 Å². The molecule has 0 saturated heterocycles. The highest BCUT2D eigenvalue weighted by Gasteiger charge is 2.29. The molecular formula is C22H27F3N4O. The van der Waals surface area contributed by atoms with Gasteiger partial charge in [-0.1, -0.05) is 24.3 Å². The van der Waals surface area contributed by atoms with E-state index in [1.807, 2.05) is 31.0 Å². The van der Waals surface area contributed by atoms with Crippen molar-refractivity contribution in [1.82, 2.24) is 15.1 Å². The molecule has 0 aromatic heterocycles. The summed E-state index contributed by atoms with van der Waals surface area (Å²) in [5.41, 5.74) is 1.65. The van der Waals surface area contributed by atoms with Crippen LogP contribution in [0.15, 0.2) is 53.5 Å².